The van der Waals surface area contributed by atoms with Gasteiger partial charge in [-0.1, -0.05) is 6.07 Å². The molecule has 1 N–H and O–H groups in total. The van der Waals surface area contributed by atoms with E-state index in [9.17, 15) is 4.79 Å². The number of carboxylic acids is 1. The summed E-state index contributed by atoms with van der Waals surface area (Å²) in [6, 6.07) is 6.32. The van der Waals surface area contributed by atoms with Crippen LogP contribution < -0.4 is 0 Å². The second-order valence-electron chi connectivity index (χ2n) is 5.11. The van der Waals surface area contributed by atoms with Gasteiger partial charge in [0.2, 0.25) is 5.76 Å². The van der Waals surface area contributed by atoms with E-state index in [0.717, 1.165) is 6.54 Å². The second-order valence-corrected chi connectivity index (χ2v) is 6.14. The molecule has 2 aromatic heterocycles. The zero-order valence-electron chi connectivity index (χ0n) is 11.9. The van der Waals surface area contributed by atoms with Crippen molar-refractivity contribution in [1.29, 1.82) is 0 Å². The molecule has 0 aliphatic rings. The molecular formula is C15H19NO3S. The molecule has 0 aromatic carbocycles. The molecule has 0 saturated carbocycles. The lowest BCUT2D eigenvalue weighted by Crippen LogP contribution is -2.29. The summed E-state index contributed by atoms with van der Waals surface area (Å²) in [5, 5.41) is 11.1. The first kappa shape index (κ1) is 14.8. The van der Waals surface area contributed by atoms with E-state index < -0.39 is 5.97 Å². The lowest BCUT2D eigenvalue weighted by molar-refractivity contribution is 0.0656. The van der Waals surface area contributed by atoms with E-state index in [1.807, 2.05) is 12.1 Å². The molecule has 0 amide bonds. The maximum atomic E-state index is 11.0. The third kappa shape index (κ3) is 3.49. The molecule has 2 heterocycles. The standard InChI is InChI=1S/C15H19NO3S/c1-10(2)16(9-13-5-4-6-20-13)8-12-7-11(3)14(19-12)15(17)18/h4-7,10H,8-9H2,1-3H3,(H,17,18). The lowest BCUT2D eigenvalue weighted by Gasteiger charge is -2.24. The van der Waals surface area contributed by atoms with Crippen molar-refractivity contribution in [3.63, 3.8) is 0 Å². The Morgan fingerprint density at radius 2 is 2.20 bits per heavy atom. The van der Waals surface area contributed by atoms with Gasteiger partial charge in [-0.3, -0.25) is 4.90 Å². The minimum atomic E-state index is -1.01. The monoisotopic (exact) mass is 293 g/mol. The Labute approximate surface area is 122 Å². The van der Waals surface area contributed by atoms with Crippen LogP contribution in [0.4, 0.5) is 0 Å². The highest BCUT2D eigenvalue weighted by atomic mass is 32.1. The first-order valence-corrected chi connectivity index (χ1v) is 7.44. The summed E-state index contributed by atoms with van der Waals surface area (Å²) >= 11 is 1.73. The second kappa shape index (κ2) is 6.24. The maximum absolute atomic E-state index is 11.0. The molecular weight excluding hydrogens is 274 g/mol. The van der Waals surface area contributed by atoms with Gasteiger partial charge in [-0.15, -0.1) is 11.3 Å². The third-order valence-corrected chi connectivity index (χ3v) is 4.05. The van der Waals surface area contributed by atoms with Crippen molar-refractivity contribution in [3.05, 3.63) is 45.5 Å². The van der Waals surface area contributed by atoms with Crippen LogP contribution in [0.5, 0.6) is 0 Å². The maximum Gasteiger partial charge on any atom is 0.372 e. The number of carbonyl (C=O) groups is 1. The summed E-state index contributed by atoms with van der Waals surface area (Å²) in [5.74, 6) is -0.270. The van der Waals surface area contributed by atoms with Crippen molar-refractivity contribution in [2.75, 3.05) is 0 Å². The fourth-order valence-corrected chi connectivity index (χ4v) is 2.79. The topological polar surface area (TPSA) is 53.7 Å². The zero-order chi connectivity index (χ0) is 14.7. The Hall–Kier alpha value is -1.59. The number of hydrogen-bond donors (Lipinski definition) is 1. The van der Waals surface area contributed by atoms with E-state index in [0.29, 0.717) is 23.9 Å². The number of thiophene rings is 1. The number of carboxylic acid groups (broad SMARTS) is 1. The normalized spacial score (nSPS) is 11.4. The number of rotatable bonds is 6. The van der Waals surface area contributed by atoms with Crippen molar-refractivity contribution >= 4 is 17.3 Å². The van der Waals surface area contributed by atoms with E-state index in [1.54, 1.807) is 18.3 Å². The molecule has 0 aliphatic heterocycles. The molecule has 0 bridgehead atoms. The number of nitrogens with zero attached hydrogens (tertiary/aromatic N) is 1. The zero-order valence-corrected chi connectivity index (χ0v) is 12.7. The third-order valence-electron chi connectivity index (χ3n) is 3.19. The Morgan fingerprint density at radius 1 is 1.45 bits per heavy atom. The molecule has 0 radical (unpaired) electrons. The minimum absolute atomic E-state index is 0.0415. The van der Waals surface area contributed by atoms with Crippen LogP contribution in [-0.2, 0) is 13.1 Å². The summed E-state index contributed by atoms with van der Waals surface area (Å²) in [6.45, 7) is 7.47. The van der Waals surface area contributed by atoms with E-state index in [1.165, 1.54) is 4.88 Å². The highest BCUT2D eigenvalue weighted by Gasteiger charge is 2.18. The molecule has 4 nitrogen and oxygen atoms in total. The van der Waals surface area contributed by atoms with E-state index >= 15 is 0 Å². The van der Waals surface area contributed by atoms with Crippen molar-refractivity contribution < 1.29 is 14.3 Å². The fraction of sp³-hybridized carbons (Fsp3) is 0.400. The van der Waals surface area contributed by atoms with Gasteiger partial charge in [0.1, 0.15) is 5.76 Å². The summed E-state index contributed by atoms with van der Waals surface area (Å²) in [7, 11) is 0. The van der Waals surface area contributed by atoms with Crippen molar-refractivity contribution in [3.8, 4) is 0 Å². The van der Waals surface area contributed by atoms with Gasteiger partial charge < -0.3 is 9.52 Å². The molecule has 20 heavy (non-hydrogen) atoms. The highest BCUT2D eigenvalue weighted by Crippen LogP contribution is 2.20. The van der Waals surface area contributed by atoms with Crippen molar-refractivity contribution in [1.82, 2.24) is 4.90 Å². The molecule has 0 saturated heterocycles. The van der Waals surface area contributed by atoms with Crippen LogP contribution >= 0.6 is 11.3 Å². The molecule has 5 heteroatoms. The molecule has 2 rings (SSSR count). The Morgan fingerprint density at radius 3 is 2.70 bits per heavy atom. The van der Waals surface area contributed by atoms with Crippen LogP contribution in [0.1, 0.15) is 40.6 Å². The number of aryl methyl sites for hydroxylation is 1. The van der Waals surface area contributed by atoms with Gasteiger partial charge in [-0.05, 0) is 38.3 Å². The molecule has 0 atom stereocenters. The van der Waals surface area contributed by atoms with Crippen LogP contribution in [0.3, 0.4) is 0 Å². The van der Waals surface area contributed by atoms with E-state index in [2.05, 4.69) is 30.2 Å². The van der Waals surface area contributed by atoms with Crippen LogP contribution in [0.15, 0.2) is 28.0 Å². The Balaban J connectivity index is 2.12. The predicted molar refractivity (Wildman–Crippen MR) is 79.1 cm³/mol. The Kier molecular flexibility index (Phi) is 4.62. The number of furan rings is 1. The van der Waals surface area contributed by atoms with Gasteiger partial charge >= 0.3 is 5.97 Å². The van der Waals surface area contributed by atoms with Gasteiger partial charge in [0.05, 0.1) is 6.54 Å². The van der Waals surface area contributed by atoms with Crippen molar-refractivity contribution in [2.24, 2.45) is 0 Å². The molecule has 0 fully saturated rings. The summed E-state index contributed by atoms with van der Waals surface area (Å²) in [4.78, 5) is 14.6. The van der Waals surface area contributed by atoms with Crippen LogP contribution in [0.2, 0.25) is 0 Å². The van der Waals surface area contributed by atoms with Crippen LogP contribution in [0.25, 0.3) is 0 Å². The van der Waals surface area contributed by atoms with Gasteiger partial charge in [0, 0.05) is 23.0 Å². The SMILES string of the molecule is Cc1cc(CN(Cc2cccs2)C(C)C)oc1C(=O)O. The molecule has 2 aromatic rings. The first-order valence-electron chi connectivity index (χ1n) is 6.56. The number of aromatic carboxylic acids is 1. The first-order chi connectivity index (χ1) is 9.47. The fourth-order valence-electron chi connectivity index (χ4n) is 2.06. The van der Waals surface area contributed by atoms with Gasteiger partial charge in [-0.25, -0.2) is 4.79 Å². The van der Waals surface area contributed by atoms with Gasteiger partial charge in [-0.2, -0.15) is 0 Å². The van der Waals surface area contributed by atoms with Crippen molar-refractivity contribution in [2.45, 2.75) is 39.9 Å². The van der Waals surface area contributed by atoms with Crippen LogP contribution in [0, 0.1) is 6.92 Å². The van der Waals surface area contributed by atoms with Gasteiger partial charge in [0.15, 0.2) is 0 Å². The lowest BCUT2D eigenvalue weighted by atomic mass is 10.2. The average molecular weight is 293 g/mol. The van der Waals surface area contributed by atoms with Crippen LogP contribution in [-0.4, -0.2) is 22.0 Å². The quantitative estimate of drug-likeness (QED) is 0.881. The average Bonchev–Trinajstić information content (AvgIpc) is 2.98. The number of hydrogen-bond acceptors (Lipinski definition) is 4. The molecule has 0 unspecified atom stereocenters. The Bertz CT molecular complexity index is 572. The highest BCUT2D eigenvalue weighted by molar-refractivity contribution is 7.09. The summed E-state index contributed by atoms with van der Waals surface area (Å²) < 4.78 is 5.44. The molecule has 108 valence electrons. The van der Waals surface area contributed by atoms with E-state index in [-0.39, 0.29) is 5.76 Å². The predicted octanol–water partition coefficient (Wildman–Crippen LogP) is 3.76. The summed E-state index contributed by atoms with van der Waals surface area (Å²) in [6.07, 6.45) is 0. The largest absolute Gasteiger partial charge is 0.475 e. The minimum Gasteiger partial charge on any atom is -0.475 e. The smallest absolute Gasteiger partial charge is 0.372 e. The molecule has 0 aliphatic carbocycles. The van der Waals surface area contributed by atoms with E-state index in [4.69, 9.17) is 9.52 Å². The molecule has 0 spiro atoms. The summed E-state index contributed by atoms with van der Waals surface area (Å²) in [5.41, 5.74) is 0.673. The van der Waals surface area contributed by atoms with Gasteiger partial charge in [0.25, 0.3) is 0 Å².